The maximum Gasteiger partial charge on any atom is 0.335 e. The van der Waals surface area contributed by atoms with Crippen LogP contribution in [0.5, 0.6) is 0 Å². The first-order chi connectivity index (χ1) is 11.4. The van der Waals surface area contributed by atoms with E-state index < -0.39 is 7.60 Å². The highest BCUT2D eigenvalue weighted by Crippen LogP contribution is 2.40. The number of H-pyrrole nitrogens is 1. The van der Waals surface area contributed by atoms with Gasteiger partial charge in [-0.15, -0.1) is 0 Å². The van der Waals surface area contributed by atoms with Crippen molar-refractivity contribution in [3.63, 3.8) is 0 Å². The maximum absolute atomic E-state index is 10.9. The average molecular weight is 380 g/mol. The third-order valence-corrected chi connectivity index (χ3v) is 5.56. The lowest BCUT2D eigenvalue weighted by Crippen LogP contribution is -1.83. The van der Waals surface area contributed by atoms with Crippen LogP contribution in [0.25, 0.3) is 11.0 Å². The van der Waals surface area contributed by atoms with Gasteiger partial charge in [-0.2, -0.15) is 0 Å². The number of nitrogens with one attached hydrogen (secondary N) is 1. The number of benzene rings is 1. The molecule has 0 aliphatic carbocycles. The third-order valence-electron chi connectivity index (χ3n) is 2.92. The van der Waals surface area contributed by atoms with E-state index in [2.05, 4.69) is 26.8 Å². The van der Waals surface area contributed by atoms with Crippen molar-refractivity contribution in [1.29, 1.82) is 0 Å². The SMILES string of the molecule is O=P(O)(O)CSc1nc2cc(C#Cc3cccnc3)c(Cl)cc2[nH]1. The number of aromatic nitrogens is 3. The molecule has 122 valence electrons. The molecule has 0 spiro atoms. The van der Waals surface area contributed by atoms with Gasteiger partial charge >= 0.3 is 7.60 Å². The summed E-state index contributed by atoms with van der Waals surface area (Å²) in [6.45, 7) is 0. The zero-order valence-electron chi connectivity index (χ0n) is 12.1. The summed E-state index contributed by atoms with van der Waals surface area (Å²) in [6.07, 6.45) is 3.33. The van der Waals surface area contributed by atoms with Crippen molar-refractivity contribution in [3.8, 4) is 11.8 Å². The van der Waals surface area contributed by atoms with E-state index in [4.69, 9.17) is 21.4 Å². The molecule has 24 heavy (non-hydrogen) atoms. The van der Waals surface area contributed by atoms with Gasteiger partial charge in [0.2, 0.25) is 0 Å². The minimum Gasteiger partial charge on any atom is -0.333 e. The van der Waals surface area contributed by atoms with E-state index in [1.165, 1.54) is 0 Å². The highest BCUT2D eigenvalue weighted by atomic mass is 35.5. The first-order valence-electron chi connectivity index (χ1n) is 6.69. The van der Waals surface area contributed by atoms with Crippen LogP contribution in [0, 0.1) is 11.8 Å². The molecule has 2 heterocycles. The van der Waals surface area contributed by atoms with Gasteiger partial charge < -0.3 is 14.8 Å². The fourth-order valence-electron chi connectivity index (χ4n) is 1.89. The molecule has 0 saturated carbocycles. The molecule has 0 aliphatic rings. The standard InChI is InChI=1S/C15H11ClN3O3PS/c16-12-7-14-13(18-15(19-14)24-9-23(20,21)22)6-11(12)4-3-10-2-1-5-17-8-10/h1-2,5-8H,9H2,(H,18,19)(H2,20,21,22). The monoisotopic (exact) mass is 379 g/mol. The number of pyridine rings is 1. The molecule has 0 amide bonds. The van der Waals surface area contributed by atoms with E-state index in [0.29, 0.717) is 26.8 Å². The molecule has 9 heteroatoms. The van der Waals surface area contributed by atoms with Crippen molar-refractivity contribution in [3.05, 3.63) is 52.8 Å². The van der Waals surface area contributed by atoms with E-state index >= 15 is 0 Å². The van der Waals surface area contributed by atoms with Crippen LogP contribution in [-0.4, -0.2) is 30.2 Å². The van der Waals surface area contributed by atoms with E-state index in [1.807, 2.05) is 6.07 Å². The second-order valence-corrected chi connectivity index (χ2v) is 8.27. The average Bonchev–Trinajstić information content (AvgIpc) is 2.93. The fourth-order valence-corrected chi connectivity index (χ4v) is 3.61. The molecule has 0 unspecified atom stereocenters. The molecule has 0 radical (unpaired) electrons. The molecule has 0 bridgehead atoms. The van der Waals surface area contributed by atoms with Gasteiger partial charge in [-0.25, -0.2) is 4.98 Å². The van der Waals surface area contributed by atoms with Gasteiger partial charge in [0, 0.05) is 23.5 Å². The summed E-state index contributed by atoms with van der Waals surface area (Å²) in [5.41, 5.74) is 2.36. The number of thioether (sulfide) groups is 1. The van der Waals surface area contributed by atoms with E-state index in [1.54, 1.807) is 30.6 Å². The third kappa shape index (κ3) is 4.38. The first kappa shape index (κ1) is 17.0. The van der Waals surface area contributed by atoms with Crippen molar-refractivity contribution in [1.82, 2.24) is 15.0 Å². The number of fused-ring (bicyclic) bond motifs is 1. The number of aromatic amines is 1. The van der Waals surface area contributed by atoms with Crippen LogP contribution in [0.4, 0.5) is 0 Å². The lowest BCUT2D eigenvalue weighted by Gasteiger charge is -1.99. The van der Waals surface area contributed by atoms with Crippen molar-refractivity contribution in [2.45, 2.75) is 5.16 Å². The smallest absolute Gasteiger partial charge is 0.333 e. The molecular formula is C15H11ClN3O3PS. The zero-order valence-corrected chi connectivity index (χ0v) is 14.6. The Bertz CT molecular complexity index is 992. The Morgan fingerprint density at radius 1 is 1.33 bits per heavy atom. The second-order valence-electron chi connectivity index (χ2n) is 4.82. The van der Waals surface area contributed by atoms with Crippen molar-refractivity contribution in [2.24, 2.45) is 0 Å². The van der Waals surface area contributed by atoms with Crippen LogP contribution >= 0.6 is 31.0 Å². The van der Waals surface area contributed by atoms with Crippen molar-refractivity contribution < 1.29 is 14.4 Å². The molecule has 2 aromatic heterocycles. The first-order valence-corrected chi connectivity index (χ1v) is 9.85. The van der Waals surface area contributed by atoms with Crippen LogP contribution in [-0.2, 0) is 4.57 Å². The highest BCUT2D eigenvalue weighted by molar-refractivity contribution is 8.04. The predicted molar refractivity (Wildman–Crippen MR) is 94.1 cm³/mol. The van der Waals surface area contributed by atoms with Gasteiger partial charge in [0.15, 0.2) is 5.16 Å². The molecule has 3 rings (SSSR count). The lowest BCUT2D eigenvalue weighted by molar-refractivity contribution is 0.379. The van der Waals surface area contributed by atoms with Crippen LogP contribution in [0.3, 0.4) is 0 Å². The van der Waals surface area contributed by atoms with Gasteiger partial charge in [0.25, 0.3) is 0 Å². The summed E-state index contributed by atoms with van der Waals surface area (Å²) in [7, 11) is -4.09. The second kappa shape index (κ2) is 6.98. The maximum atomic E-state index is 10.9. The number of rotatable bonds is 3. The summed E-state index contributed by atoms with van der Waals surface area (Å²) in [5.74, 6) is 5.95. The van der Waals surface area contributed by atoms with Gasteiger partial charge in [-0.05, 0) is 24.3 Å². The summed E-state index contributed by atoms with van der Waals surface area (Å²) < 4.78 is 10.9. The number of nitrogens with zero attached hydrogens (tertiary/aromatic N) is 2. The number of imidazole rings is 1. The molecule has 1 aromatic carbocycles. The van der Waals surface area contributed by atoms with E-state index in [9.17, 15) is 4.57 Å². The Balaban J connectivity index is 1.89. The van der Waals surface area contributed by atoms with E-state index in [0.717, 1.165) is 17.3 Å². The molecule has 3 aromatic rings. The minimum atomic E-state index is -4.09. The minimum absolute atomic E-state index is 0.339. The predicted octanol–water partition coefficient (Wildman–Crippen LogP) is 3.24. The number of halogens is 1. The van der Waals surface area contributed by atoms with Crippen LogP contribution in [0.15, 0.2) is 41.8 Å². The fraction of sp³-hybridized carbons (Fsp3) is 0.0667. The van der Waals surface area contributed by atoms with Gasteiger partial charge in [0.05, 0.1) is 16.1 Å². The Morgan fingerprint density at radius 2 is 2.17 bits per heavy atom. The van der Waals surface area contributed by atoms with Crippen molar-refractivity contribution in [2.75, 3.05) is 5.49 Å². The normalized spacial score (nSPS) is 11.3. The number of hydrogen-bond acceptors (Lipinski definition) is 4. The topological polar surface area (TPSA) is 99.1 Å². The largest absolute Gasteiger partial charge is 0.335 e. The molecular weight excluding hydrogens is 369 g/mol. The Kier molecular flexibility index (Phi) is 4.95. The van der Waals surface area contributed by atoms with Gasteiger partial charge in [0.1, 0.15) is 5.49 Å². The Morgan fingerprint density at radius 3 is 2.88 bits per heavy atom. The summed E-state index contributed by atoms with van der Waals surface area (Å²) >= 11 is 7.19. The van der Waals surface area contributed by atoms with Gasteiger partial charge in [-0.1, -0.05) is 35.2 Å². The molecule has 6 nitrogen and oxygen atoms in total. The Hall–Kier alpha value is -1.81. The molecule has 0 fully saturated rings. The number of hydrogen-bond donors (Lipinski definition) is 3. The molecule has 0 atom stereocenters. The molecule has 0 saturated heterocycles. The quantitative estimate of drug-likeness (QED) is 0.367. The van der Waals surface area contributed by atoms with Crippen LogP contribution in [0.2, 0.25) is 5.02 Å². The Labute approximate surface area is 146 Å². The zero-order chi connectivity index (χ0) is 17.2. The summed E-state index contributed by atoms with van der Waals surface area (Å²) in [4.78, 5) is 29.1. The van der Waals surface area contributed by atoms with E-state index in [-0.39, 0.29) is 5.49 Å². The van der Waals surface area contributed by atoms with Crippen LogP contribution in [0.1, 0.15) is 11.1 Å². The van der Waals surface area contributed by atoms with Crippen molar-refractivity contribution >= 4 is 42.0 Å². The van der Waals surface area contributed by atoms with Crippen LogP contribution < -0.4 is 0 Å². The van der Waals surface area contributed by atoms with Gasteiger partial charge in [-0.3, -0.25) is 9.55 Å². The summed E-state index contributed by atoms with van der Waals surface area (Å²) in [6, 6.07) is 7.07. The molecule has 0 aliphatic heterocycles. The summed E-state index contributed by atoms with van der Waals surface area (Å²) in [5, 5.41) is 0.885. The molecule has 3 N–H and O–H groups in total. The lowest BCUT2D eigenvalue weighted by atomic mass is 10.2. The highest BCUT2D eigenvalue weighted by Gasteiger charge is 2.15.